The molecule has 0 radical (unpaired) electrons. The molecule has 1 aliphatic rings. The number of carboxylic acid groups (broad SMARTS) is 1. The highest BCUT2D eigenvalue weighted by Crippen LogP contribution is 2.24. The van der Waals surface area contributed by atoms with Crippen molar-refractivity contribution in [3.63, 3.8) is 0 Å². The SMILES string of the molecule is COc1ccc(S(=O)(=O)N(CC(C)C)C[C@@H](O)[C@H](Cc2ccccc2)NC(=O)[C@H](C(C)C)N2CCN(Cc3csc(CNC(=O)O)n3)C2=O)cc1. The summed E-state index contributed by atoms with van der Waals surface area (Å²) in [5.74, 6) is -0.287. The van der Waals surface area contributed by atoms with Crippen LogP contribution in [0.2, 0.25) is 0 Å². The van der Waals surface area contributed by atoms with E-state index in [0.29, 0.717) is 29.5 Å². The van der Waals surface area contributed by atoms with Gasteiger partial charge in [-0.3, -0.25) is 4.79 Å². The molecule has 4 amide bonds. The minimum absolute atomic E-state index is 0.0564. The molecule has 1 aromatic heterocycles. The number of ether oxygens (including phenoxy) is 1. The molecule has 14 nitrogen and oxygen atoms in total. The molecule has 3 aromatic rings. The van der Waals surface area contributed by atoms with Crippen LogP contribution in [0, 0.1) is 11.8 Å². The molecule has 0 aliphatic carbocycles. The largest absolute Gasteiger partial charge is 0.497 e. The zero-order chi connectivity index (χ0) is 37.3. The number of carbonyl (C=O) groups excluding carboxylic acids is 2. The second kappa shape index (κ2) is 17.8. The third-order valence-corrected chi connectivity index (χ3v) is 11.2. The second-order valence-electron chi connectivity index (χ2n) is 13.2. The van der Waals surface area contributed by atoms with Crippen molar-refractivity contribution in [1.29, 1.82) is 0 Å². The van der Waals surface area contributed by atoms with Crippen molar-refractivity contribution in [2.24, 2.45) is 11.8 Å². The Morgan fingerprint density at radius 1 is 1.04 bits per heavy atom. The van der Waals surface area contributed by atoms with Crippen LogP contribution in [-0.2, 0) is 34.3 Å². The summed E-state index contributed by atoms with van der Waals surface area (Å²) < 4.78 is 34.1. The van der Waals surface area contributed by atoms with E-state index in [1.54, 1.807) is 22.4 Å². The molecule has 278 valence electrons. The zero-order valence-corrected chi connectivity index (χ0v) is 31.2. The van der Waals surface area contributed by atoms with E-state index in [1.807, 2.05) is 58.0 Å². The standard InChI is InChI=1S/C35H48N6O8S2/c1-23(2)19-40(51(47,48)28-13-11-27(49-5)12-14-28)21-30(42)29(17-25-9-7-6-8-10-25)38-33(43)32(24(3)4)41-16-15-39(35(41)46)20-26-22-50-31(37-26)18-36-34(44)45/h6-14,22-24,29-30,32,36,42H,15-21H2,1-5H3,(H,38,43)(H,44,45)/t29-,30+,32-/m0/s1. The molecule has 1 fully saturated rings. The molecule has 0 unspecified atom stereocenters. The summed E-state index contributed by atoms with van der Waals surface area (Å²) >= 11 is 1.29. The van der Waals surface area contributed by atoms with Crippen LogP contribution in [-0.4, -0.2) is 107 Å². The van der Waals surface area contributed by atoms with Gasteiger partial charge in [-0.1, -0.05) is 58.0 Å². The highest BCUT2D eigenvalue weighted by Gasteiger charge is 2.40. The highest BCUT2D eigenvalue weighted by atomic mass is 32.2. The van der Waals surface area contributed by atoms with E-state index in [9.17, 15) is 27.9 Å². The first kappa shape index (κ1) is 39.5. The summed E-state index contributed by atoms with van der Waals surface area (Å²) in [5.41, 5.74) is 1.45. The fourth-order valence-electron chi connectivity index (χ4n) is 5.99. The van der Waals surface area contributed by atoms with Gasteiger partial charge in [0.25, 0.3) is 0 Å². The van der Waals surface area contributed by atoms with Gasteiger partial charge in [0.15, 0.2) is 0 Å². The number of carbonyl (C=O) groups is 3. The van der Waals surface area contributed by atoms with Crippen LogP contribution in [0.15, 0.2) is 64.9 Å². The average molecular weight is 745 g/mol. The minimum Gasteiger partial charge on any atom is -0.497 e. The monoisotopic (exact) mass is 744 g/mol. The number of hydrogen-bond acceptors (Lipinski definition) is 9. The summed E-state index contributed by atoms with van der Waals surface area (Å²) in [6.45, 7) is 8.25. The number of aromatic nitrogens is 1. The molecule has 2 aromatic carbocycles. The Morgan fingerprint density at radius 3 is 2.33 bits per heavy atom. The molecule has 51 heavy (non-hydrogen) atoms. The number of aliphatic hydroxyl groups excluding tert-OH is 1. The first-order valence-corrected chi connectivity index (χ1v) is 19.1. The number of amides is 4. The van der Waals surface area contributed by atoms with Crippen LogP contribution >= 0.6 is 11.3 Å². The predicted molar refractivity (Wildman–Crippen MR) is 193 cm³/mol. The molecule has 0 spiro atoms. The summed E-state index contributed by atoms with van der Waals surface area (Å²) in [6.07, 6.45) is -2.23. The van der Waals surface area contributed by atoms with Gasteiger partial charge in [-0.05, 0) is 48.1 Å². The number of urea groups is 1. The number of aliphatic hydroxyl groups is 1. The number of nitrogens with zero attached hydrogens (tertiary/aromatic N) is 4. The van der Waals surface area contributed by atoms with E-state index < -0.39 is 40.2 Å². The van der Waals surface area contributed by atoms with Crippen LogP contribution in [0.5, 0.6) is 5.75 Å². The van der Waals surface area contributed by atoms with E-state index >= 15 is 0 Å². The van der Waals surface area contributed by atoms with Crippen LogP contribution < -0.4 is 15.4 Å². The number of thiazole rings is 1. The summed E-state index contributed by atoms with van der Waals surface area (Å²) in [7, 11) is -2.53. The fraction of sp³-hybridized carbons (Fsp3) is 0.486. The van der Waals surface area contributed by atoms with Gasteiger partial charge in [0.1, 0.15) is 16.8 Å². The molecule has 4 N–H and O–H groups in total. The van der Waals surface area contributed by atoms with Crippen molar-refractivity contribution in [2.75, 3.05) is 33.3 Å². The maximum Gasteiger partial charge on any atom is 0.405 e. The third-order valence-electron chi connectivity index (χ3n) is 8.45. The second-order valence-corrected chi connectivity index (χ2v) is 16.1. The molecule has 0 saturated carbocycles. The van der Waals surface area contributed by atoms with Gasteiger partial charge in [0.05, 0.1) is 42.9 Å². The Labute approximate surface area is 303 Å². The zero-order valence-electron chi connectivity index (χ0n) is 29.6. The predicted octanol–water partition coefficient (Wildman–Crippen LogP) is 3.62. The number of sulfonamides is 1. The van der Waals surface area contributed by atoms with E-state index in [-0.39, 0.29) is 55.4 Å². The van der Waals surface area contributed by atoms with Crippen molar-refractivity contribution < 1.29 is 37.8 Å². The topological polar surface area (TPSA) is 182 Å². The van der Waals surface area contributed by atoms with E-state index in [2.05, 4.69) is 15.6 Å². The lowest BCUT2D eigenvalue weighted by Gasteiger charge is -2.34. The Hall–Kier alpha value is -4.25. The molecule has 1 saturated heterocycles. The van der Waals surface area contributed by atoms with Gasteiger partial charge in [0, 0.05) is 31.6 Å². The Bertz CT molecular complexity index is 1720. The molecule has 4 rings (SSSR count). The highest BCUT2D eigenvalue weighted by molar-refractivity contribution is 7.89. The number of methoxy groups -OCH3 is 1. The average Bonchev–Trinajstić information content (AvgIpc) is 3.69. The summed E-state index contributed by atoms with van der Waals surface area (Å²) in [4.78, 5) is 46.2. The fourth-order valence-corrected chi connectivity index (χ4v) is 8.34. The normalized spacial score (nSPS) is 15.4. The molecule has 16 heteroatoms. The molecule has 2 heterocycles. The first-order chi connectivity index (χ1) is 24.2. The maximum atomic E-state index is 14.1. The van der Waals surface area contributed by atoms with E-state index in [4.69, 9.17) is 9.84 Å². The van der Waals surface area contributed by atoms with Crippen LogP contribution in [0.25, 0.3) is 0 Å². The van der Waals surface area contributed by atoms with Crippen LogP contribution in [0.3, 0.4) is 0 Å². The van der Waals surface area contributed by atoms with Crippen LogP contribution in [0.4, 0.5) is 9.59 Å². The van der Waals surface area contributed by atoms with Gasteiger partial charge < -0.3 is 35.4 Å². The third kappa shape index (κ3) is 10.6. The maximum absolute atomic E-state index is 14.1. The molecule has 0 bridgehead atoms. The summed E-state index contributed by atoms with van der Waals surface area (Å²) in [6, 6.07) is 13.3. The van der Waals surface area contributed by atoms with Crippen molar-refractivity contribution in [1.82, 2.24) is 29.7 Å². The van der Waals surface area contributed by atoms with E-state index in [0.717, 1.165) is 5.56 Å². The van der Waals surface area contributed by atoms with Gasteiger partial charge >= 0.3 is 12.1 Å². The van der Waals surface area contributed by atoms with Gasteiger partial charge in [-0.15, -0.1) is 11.3 Å². The van der Waals surface area contributed by atoms with Crippen molar-refractivity contribution >= 4 is 39.4 Å². The van der Waals surface area contributed by atoms with E-state index in [1.165, 1.54) is 39.8 Å². The smallest absolute Gasteiger partial charge is 0.405 e. The van der Waals surface area contributed by atoms with Crippen molar-refractivity contribution in [3.05, 3.63) is 76.2 Å². The molecular weight excluding hydrogens is 697 g/mol. The molecule has 1 aliphatic heterocycles. The number of hydrogen-bond donors (Lipinski definition) is 4. The quantitative estimate of drug-likeness (QED) is 0.151. The van der Waals surface area contributed by atoms with Crippen molar-refractivity contribution in [3.8, 4) is 5.75 Å². The lowest BCUT2D eigenvalue weighted by atomic mass is 9.97. The lowest BCUT2D eigenvalue weighted by Crippen LogP contribution is -2.57. The Balaban J connectivity index is 1.53. The van der Waals surface area contributed by atoms with Gasteiger partial charge in [-0.2, -0.15) is 4.31 Å². The molecule has 3 atom stereocenters. The molecular formula is C35H48N6O8S2. The minimum atomic E-state index is -4.03. The number of nitrogens with one attached hydrogen (secondary N) is 2. The number of rotatable bonds is 18. The first-order valence-electron chi connectivity index (χ1n) is 16.8. The van der Waals surface area contributed by atoms with Gasteiger partial charge in [-0.25, -0.2) is 23.0 Å². The Morgan fingerprint density at radius 2 is 1.73 bits per heavy atom. The van der Waals surface area contributed by atoms with Crippen molar-refractivity contribution in [2.45, 2.75) is 70.3 Å². The van der Waals surface area contributed by atoms with Gasteiger partial charge in [0.2, 0.25) is 15.9 Å². The van der Waals surface area contributed by atoms with Crippen LogP contribution in [0.1, 0.15) is 44.0 Å². The number of benzene rings is 2. The summed E-state index contributed by atoms with van der Waals surface area (Å²) in [5, 5.41) is 28.2. The lowest BCUT2D eigenvalue weighted by molar-refractivity contribution is -0.128. The Kier molecular flexibility index (Phi) is 13.8.